The van der Waals surface area contributed by atoms with Gasteiger partial charge in [-0.05, 0) is 42.5 Å². The van der Waals surface area contributed by atoms with Crippen LogP contribution in [0.1, 0.15) is 11.1 Å². The summed E-state index contributed by atoms with van der Waals surface area (Å²) >= 11 is 6.96. The van der Waals surface area contributed by atoms with E-state index in [4.69, 9.17) is 16.3 Å². The fourth-order valence-electron chi connectivity index (χ4n) is 2.32. The molecule has 25 heavy (non-hydrogen) atoms. The van der Waals surface area contributed by atoms with Crippen LogP contribution in [0.4, 0.5) is 4.79 Å². The molecular weight excluding hydrogens is 358 g/mol. The summed E-state index contributed by atoms with van der Waals surface area (Å²) in [5.74, 6) is 0.240. The summed E-state index contributed by atoms with van der Waals surface area (Å²) in [5.41, 5.74) is 2.03. The second-order valence-corrected chi connectivity index (χ2v) is 6.92. The van der Waals surface area contributed by atoms with Crippen molar-refractivity contribution in [3.63, 3.8) is 0 Å². The lowest BCUT2D eigenvalue weighted by molar-refractivity contribution is -0.123. The van der Waals surface area contributed by atoms with E-state index in [0.29, 0.717) is 15.7 Å². The van der Waals surface area contributed by atoms with E-state index in [1.165, 1.54) is 4.90 Å². The molecule has 0 aliphatic carbocycles. The van der Waals surface area contributed by atoms with Gasteiger partial charge in [0.15, 0.2) is 0 Å². The molecule has 0 aromatic heterocycles. The average molecular weight is 374 g/mol. The summed E-state index contributed by atoms with van der Waals surface area (Å²) in [5, 5.41) is 0.210. The van der Waals surface area contributed by atoms with E-state index in [1.807, 2.05) is 43.3 Å². The van der Waals surface area contributed by atoms with Crippen LogP contribution < -0.4 is 4.74 Å². The molecule has 0 bridgehead atoms. The predicted molar refractivity (Wildman–Crippen MR) is 101 cm³/mol. The number of hydrogen-bond acceptors (Lipinski definition) is 4. The van der Waals surface area contributed by atoms with Gasteiger partial charge in [-0.3, -0.25) is 14.5 Å². The van der Waals surface area contributed by atoms with E-state index in [1.54, 1.807) is 18.2 Å². The van der Waals surface area contributed by atoms with Crippen molar-refractivity contribution in [2.75, 3.05) is 13.2 Å². The number of hydrogen-bond donors (Lipinski definition) is 0. The first kappa shape index (κ1) is 17.6. The van der Waals surface area contributed by atoms with Crippen LogP contribution in [0, 0.1) is 6.92 Å². The molecule has 0 atom stereocenters. The van der Waals surface area contributed by atoms with Crippen molar-refractivity contribution in [1.29, 1.82) is 0 Å². The van der Waals surface area contributed by atoms with E-state index in [2.05, 4.69) is 0 Å². The molecule has 1 saturated heterocycles. The van der Waals surface area contributed by atoms with E-state index < -0.39 is 0 Å². The monoisotopic (exact) mass is 373 g/mol. The van der Waals surface area contributed by atoms with Crippen molar-refractivity contribution >= 4 is 40.6 Å². The molecule has 1 fully saturated rings. The van der Waals surface area contributed by atoms with Crippen molar-refractivity contribution in [3.8, 4) is 5.75 Å². The fraction of sp³-hybridized carbons (Fsp3) is 0.158. The number of benzene rings is 2. The van der Waals surface area contributed by atoms with Crippen LogP contribution in [0.3, 0.4) is 0 Å². The number of halogens is 1. The summed E-state index contributed by atoms with van der Waals surface area (Å²) in [6.07, 6.45) is 1.74. The molecule has 1 aliphatic heterocycles. The lowest BCUT2D eigenvalue weighted by Gasteiger charge is -2.13. The highest BCUT2D eigenvalue weighted by Gasteiger charge is 2.34. The van der Waals surface area contributed by atoms with Gasteiger partial charge in [0, 0.05) is 0 Å². The molecule has 2 amide bonds. The Morgan fingerprint density at radius 2 is 1.84 bits per heavy atom. The summed E-state index contributed by atoms with van der Waals surface area (Å²) in [7, 11) is 0. The van der Waals surface area contributed by atoms with Crippen LogP contribution in [-0.4, -0.2) is 29.2 Å². The van der Waals surface area contributed by atoms with Crippen molar-refractivity contribution in [2.45, 2.75) is 6.92 Å². The molecule has 6 heteroatoms. The highest BCUT2D eigenvalue weighted by molar-refractivity contribution is 8.18. The van der Waals surface area contributed by atoms with E-state index in [-0.39, 0.29) is 24.3 Å². The van der Waals surface area contributed by atoms with Crippen LogP contribution in [0.5, 0.6) is 5.75 Å². The summed E-state index contributed by atoms with van der Waals surface area (Å²) in [6, 6.07) is 14.9. The largest absolute Gasteiger partial charge is 0.490 e. The molecule has 1 aliphatic rings. The molecular formula is C19H16ClNO3S. The smallest absolute Gasteiger partial charge is 0.293 e. The molecule has 2 aromatic carbocycles. The number of imide groups is 1. The maximum Gasteiger partial charge on any atom is 0.293 e. The zero-order valence-electron chi connectivity index (χ0n) is 13.6. The van der Waals surface area contributed by atoms with Gasteiger partial charge in [0.1, 0.15) is 12.4 Å². The second kappa shape index (κ2) is 7.76. The molecule has 2 aromatic rings. The minimum absolute atomic E-state index is 0.182. The second-order valence-electron chi connectivity index (χ2n) is 5.52. The third-order valence-electron chi connectivity index (χ3n) is 3.66. The number of carbonyl (C=O) groups excluding carboxylic acids is 2. The Morgan fingerprint density at radius 3 is 2.56 bits per heavy atom. The molecule has 0 saturated carbocycles. The van der Waals surface area contributed by atoms with Crippen LogP contribution in [0.15, 0.2) is 53.4 Å². The first-order valence-electron chi connectivity index (χ1n) is 7.74. The lowest BCUT2D eigenvalue weighted by Crippen LogP contribution is -2.32. The quantitative estimate of drug-likeness (QED) is 0.708. The number of carbonyl (C=O) groups is 2. The number of nitrogens with zero attached hydrogens (tertiary/aromatic N) is 1. The van der Waals surface area contributed by atoms with Crippen molar-refractivity contribution in [1.82, 2.24) is 4.90 Å². The zero-order chi connectivity index (χ0) is 17.8. The lowest BCUT2D eigenvalue weighted by atomic mass is 10.1. The third-order valence-corrected chi connectivity index (χ3v) is 4.88. The molecule has 0 unspecified atom stereocenters. The molecule has 3 rings (SSSR count). The number of para-hydroxylation sites is 1. The number of amides is 2. The van der Waals surface area contributed by atoms with Crippen molar-refractivity contribution in [3.05, 3.63) is 69.6 Å². The van der Waals surface area contributed by atoms with E-state index >= 15 is 0 Å². The molecule has 128 valence electrons. The summed E-state index contributed by atoms with van der Waals surface area (Å²) in [4.78, 5) is 26.1. The van der Waals surface area contributed by atoms with Gasteiger partial charge in [-0.1, -0.05) is 53.6 Å². The zero-order valence-corrected chi connectivity index (χ0v) is 15.1. The number of aryl methyl sites for hydroxylation is 1. The van der Waals surface area contributed by atoms with Gasteiger partial charge in [-0.15, -0.1) is 0 Å². The molecule has 0 radical (unpaired) electrons. The van der Waals surface area contributed by atoms with Crippen molar-refractivity contribution < 1.29 is 14.3 Å². The van der Waals surface area contributed by atoms with Gasteiger partial charge in [-0.2, -0.15) is 0 Å². The van der Waals surface area contributed by atoms with Crippen LogP contribution in [-0.2, 0) is 4.79 Å². The highest BCUT2D eigenvalue weighted by Crippen LogP contribution is 2.32. The molecule has 0 N–H and O–H groups in total. The normalized spacial score (nSPS) is 15.9. The fourth-order valence-corrected chi connectivity index (χ4v) is 3.37. The Morgan fingerprint density at radius 1 is 1.12 bits per heavy atom. The molecule has 0 spiro atoms. The SMILES string of the molecule is Cc1ccc(/C=C2\SC(=O)N(CCOc3ccccc3Cl)C2=O)cc1. The summed E-state index contributed by atoms with van der Waals surface area (Å²) < 4.78 is 5.56. The van der Waals surface area contributed by atoms with Gasteiger partial charge in [0.05, 0.1) is 16.5 Å². The molecule has 1 heterocycles. The third kappa shape index (κ3) is 4.24. The van der Waals surface area contributed by atoms with Gasteiger partial charge in [-0.25, -0.2) is 0 Å². The predicted octanol–water partition coefficient (Wildman–Crippen LogP) is 4.76. The summed E-state index contributed by atoms with van der Waals surface area (Å²) in [6.45, 7) is 2.37. The van der Waals surface area contributed by atoms with Crippen LogP contribution >= 0.6 is 23.4 Å². The topological polar surface area (TPSA) is 46.6 Å². The minimum Gasteiger partial charge on any atom is -0.490 e. The van der Waals surface area contributed by atoms with Gasteiger partial charge >= 0.3 is 0 Å². The van der Waals surface area contributed by atoms with Gasteiger partial charge < -0.3 is 4.74 Å². The molecule has 4 nitrogen and oxygen atoms in total. The van der Waals surface area contributed by atoms with Gasteiger partial charge in [0.2, 0.25) is 0 Å². The average Bonchev–Trinajstić information content (AvgIpc) is 2.86. The Hall–Kier alpha value is -2.24. The highest BCUT2D eigenvalue weighted by atomic mass is 35.5. The van der Waals surface area contributed by atoms with Gasteiger partial charge in [0.25, 0.3) is 11.1 Å². The van der Waals surface area contributed by atoms with E-state index in [9.17, 15) is 9.59 Å². The maximum absolute atomic E-state index is 12.4. The minimum atomic E-state index is -0.293. The van der Waals surface area contributed by atoms with Crippen LogP contribution in [0.2, 0.25) is 5.02 Å². The number of ether oxygens (including phenoxy) is 1. The van der Waals surface area contributed by atoms with E-state index in [0.717, 1.165) is 22.9 Å². The Balaban J connectivity index is 1.63. The Bertz CT molecular complexity index is 833. The first-order chi connectivity index (χ1) is 12.0. The number of rotatable bonds is 5. The Labute approximate surface area is 155 Å². The number of thioether (sulfide) groups is 1. The first-order valence-corrected chi connectivity index (χ1v) is 8.93. The Kier molecular flexibility index (Phi) is 5.46. The van der Waals surface area contributed by atoms with Crippen molar-refractivity contribution in [2.24, 2.45) is 0 Å². The maximum atomic E-state index is 12.4. The van der Waals surface area contributed by atoms with Crippen LogP contribution in [0.25, 0.3) is 6.08 Å². The standard InChI is InChI=1S/C19H16ClNO3S/c1-13-6-8-14(9-7-13)12-17-18(22)21(19(23)25-17)10-11-24-16-5-3-2-4-15(16)20/h2-9,12H,10-11H2,1H3/b17-12-.